The number of amides is 1. The minimum absolute atomic E-state index is 0.239. The predicted molar refractivity (Wildman–Crippen MR) is 75.6 cm³/mol. The number of carbonyl (C=O) groups excluding carboxylic acids is 1. The first kappa shape index (κ1) is 15.7. The fourth-order valence-corrected chi connectivity index (χ4v) is 2.22. The predicted octanol–water partition coefficient (Wildman–Crippen LogP) is 1.88. The van der Waals surface area contributed by atoms with Gasteiger partial charge in [-0.2, -0.15) is 0 Å². The molecule has 2 unspecified atom stereocenters. The van der Waals surface area contributed by atoms with Gasteiger partial charge in [0.1, 0.15) is 11.9 Å². The summed E-state index contributed by atoms with van der Waals surface area (Å²) >= 11 is 0. The largest absolute Gasteiger partial charge is 0.489 e. The van der Waals surface area contributed by atoms with Gasteiger partial charge in [-0.25, -0.2) is 8.78 Å². The molecule has 0 saturated carbocycles. The zero-order valence-corrected chi connectivity index (χ0v) is 12.2. The molecule has 1 saturated heterocycles. The highest BCUT2D eigenvalue weighted by atomic mass is 19.3. The molecule has 0 radical (unpaired) electrons. The van der Waals surface area contributed by atoms with Crippen LogP contribution in [0.4, 0.5) is 8.78 Å². The molecule has 116 valence electrons. The Morgan fingerprint density at radius 3 is 2.86 bits per heavy atom. The maximum atomic E-state index is 13.0. The Morgan fingerprint density at radius 2 is 2.24 bits per heavy atom. The van der Waals surface area contributed by atoms with E-state index in [2.05, 4.69) is 10.6 Å². The number of ether oxygens (including phenoxy) is 1. The van der Waals surface area contributed by atoms with Crippen molar-refractivity contribution in [2.45, 2.75) is 38.3 Å². The quantitative estimate of drug-likeness (QED) is 0.872. The van der Waals surface area contributed by atoms with E-state index in [0.29, 0.717) is 0 Å². The maximum Gasteiger partial charge on any atom is 0.262 e. The summed E-state index contributed by atoms with van der Waals surface area (Å²) in [5.74, 6) is -2.46. The van der Waals surface area contributed by atoms with E-state index >= 15 is 0 Å². The van der Waals surface area contributed by atoms with Crippen LogP contribution in [0.5, 0.6) is 5.75 Å². The van der Waals surface area contributed by atoms with Crippen LogP contribution in [0.25, 0.3) is 0 Å². The normalized spacial score (nSPS) is 21.8. The Balaban J connectivity index is 1.78. The minimum Gasteiger partial charge on any atom is -0.489 e. The third-order valence-electron chi connectivity index (χ3n) is 3.41. The Morgan fingerprint density at radius 1 is 1.52 bits per heavy atom. The lowest BCUT2D eigenvalue weighted by atomic mass is 10.2. The van der Waals surface area contributed by atoms with Crippen molar-refractivity contribution < 1.29 is 18.3 Å². The zero-order valence-electron chi connectivity index (χ0n) is 12.2. The van der Waals surface area contributed by atoms with E-state index in [4.69, 9.17) is 4.74 Å². The highest BCUT2D eigenvalue weighted by molar-refractivity contribution is 5.82. The van der Waals surface area contributed by atoms with Crippen LogP contribution in [0.2, 0.25) is 0 Å². The van der Waals surface area contributed by atoms with E-state index < -0.39 is 30.8 Å². The first-order valence-electron chi connectivity index (χ1n) is 6.98. The summed E-state index contributed by atoms with van der Waals surface area (Å²) in [4.78, 5) is 11.8. The molecule has 2 rings (SSSR count). The van der Waals surface area contributed by atoms with Gasteiger partial charge in [-0.1, -0.05) is 18.2 Å². The van der Waals surface area contributed by atoms with Crippen LogP contribution in [-0.4, -0.2) is 37.1 Å². The third-order valence-corrected chi connectivity index (χ3v) is 3.41. The molecule has 0 spiro atoms. The number of hydrogen-bond acceptors (Lipinski definition) is 3. The summed E-state index contributed by atoms with van der Waals surface area (Å²) < 4.78 is 31.8. The molecule has 1 aromatic rings. The number of nitrogens with one attached hydrogen (secondary N) is 2. The van der Waals surface area contributed by atoms with Crippen LogP contribution in [-0.2, 0) is 4.79 Å². The number of rotatable bonds is 5. The summed E-state index contributed by atoms with van der Waals surface area (Å²) in [6.45, 7) is 3.59. The molecule has 6 heteroatoms. The van der Waals surface area contributed by atoms with E-state index in [1.165, 1.54) is 0 Å². The van der Waals surface area contributed by atoms with Crippen molar-refractivity contribution in [2.75, 3.05) is 13.1 Å². The maximum absolute atomic E-state index is 13.0. The van der Waals surface area contributed by atoms with Gasteiger partial charge in [0.15, 0.2) is 0 Å². The number of halogens is 2. The summed E-state index contributed by atoms with van der Waals surface area (Å²) in [6.07, 6.45) is -0.691. The molecule has 1 aliphatic heterocycles. The fraction of sp³-hybridized carbons (Fsp3) is 0.533. The van der Waals surface area contributed by atoms with Gasteiger partial charge in [0.25, 0.3) is 5.92 Å². The van der Waals surface area contributed by atoms with Crippen LogP contribution < -0.4 is 15.4 Å². The van der Waals surface area contributed by atoms with Gasteiger partial charge in [0.2, 0.25) is 5.91 Å². The number of alkyl halides is 2. The number of benzene rings is 1. The van der Waals surface area contributed by atoms with Gasteiger partial charge >= 0.3 is 0 Å². The second-order valence-corrected chi connectivity index (χ2v) is 5.43. The van der Waals surface area contributed by atoms with Gasteiger partial charge in [-0.15, -0.1) is 0 Å². The van der Waals surface area contributed by atoms with Crippen molar-refractivity contribution in [1.29, 1.82) is 0 Å². The molecular weight excluding hydrogens is 278 g/mol. The number of hydrogen-bond donors (Lipinski definition) is 2. The van der Waals surface area contributed by atoms with Crippen LogP contribution in [0.15, 0.2) is 24.3 Å². The highest BCUT2D eigenvalue weighted by Crippen LogP contribution is 2.25. The number of aryl methyl sites for hydroxylation is 1. The Hall–Kier alpha value is -1.69. The van der Waals surface area contributed by atoms with Crippen molar-refractivity contribution in [3.63, 3.8) is 0 Å². The molecule has 1 aromatic carbocycles. The molecule has 1 heterocycles. The molecule has 4 nitrogen and oxygen atoms in total. The summed E-state index contributed by atoms with van der Waals surface area (Å²) in [7, 11) is 0. The molecule has 2 N–H and O–H groups in total. The van der Waals surface area contributed by atoms with Gasteiger partial charge < -0.3 is 10.1 Å². The van der Waals surface area contributed by atoms with Crippen molar-refractivity contribution in [3.8, 4) is 5.75 Å². The monoisotopic (exact) mass is 298 g/mol. The van der Waals surface area contributed by atoms with E-state index in [1.807, 2.05) is 38.1 Å². The Labute approximate surface area is 122 Å². The molecule has 0 aliphatic carbocycles. The second kappa shape index (κ2) is 6.39. The minimum atomic E-state index is -2.80. The molecular formula is C15H20F2N2O2. The fourth-order valence-electron chi connectivity index (χ4n) is 2.22. The molecule has 1 fully saturated rings. The standard InChI is InChI=1S/C15H20F2N2O2/c1-10-5-3-4-6-13(10)21-11(2)8-18-14(20)12-7-15(16,17)9-19-12/h3-6,11-12,19H,7-9H2,1-2H3,(H,18,20). The molecule has 0 bridgehead atoms. The van der Waals surface area contributed by atoms with Gasteiger partial charge in [0, 0.05) is 6.42 Å². The summed E-state index contributed by atoms with van der Waals surface area (Å²) in [6, 6.07) is 6.75. The van der Waals surface area contributed by atoms with Crippen LogP contribution >= 0.6 is 0 Å². The average molecular weight is 298 g/mol. The molecule has 1 amide bonds. The van der Waals surface area contributed by atoms with Crippen LogP contribution in [0, 0.1) is 6.92 Å². The summed E-state index contributed by atoms with van der Waals surface area (Å²) in [5, 5.41) is 5.17. The smallest absolute Gasteiger partial charge is 0.262 e. The van der Waals surface area contributed by atoms with Gasteiger partial charge in [-0.05, 0) is 25.5 Å². The van der Waals surface area contributed by atoms with Crippen molar-refractivity contribution in [3.05, 3.63) is 29.8 Å². The van der Waals surface area contributed by atoms with Gasteiger partial charge in [0.05, 0.1) is 19.1 Å². The summed E-state index contributed by atoms with van der Waals surface area (Å²) in [5.41, 5.74) is 1.01. The first-order valence-corrected chi connectivity index (χ1v) is 6.98. The van der Waals surface area contributed by atoms with Crippen LogP contribution in [0.1, 0.15) is 18.9 Å². The SMILES string of the molecule is Cc1ccccc1OC(C)CNC(=O)C1CC(F)(F)CN1. The highest BCUT2D eigenvalue weighted by Gasteiger charge is 2.42. The molecule has 0 aromatic heterocycles. The van der Waals surface area contributed by atoms with Crippen molar-refractivity contribution >= 4 is 5.91 Å². The number of para-hydroxylation sites is 1. The average Bonchev–Trinajstić information content (AvgIpc) is 2.79. The van der Waals surface area contributed by atoms with Crippen molar-refractivity contribution in [2.24, 2.45) is 0 Å². The lowest BCUT2D eigenvalue weighted by molar-refractivity contribution is -0.123. The molecule has 21 heavy (non-hydrogen) atoms. The lowest BCUT2D eigenvalue weighted by Gasteiger charge is -2.18. The van der Waals surface area contributed by atoms with Crippen molar-refractivity contribution in [1.82, 2.24) is 10.6 Å². The first-order chi connectivity index (χ1) is 9.87. The molecule has 1 aliphatic rings. The van der Waals surface area contributed by atoms with Gasteiger partial charge in [-0.3, -0.25) is 10.1 Å². The number of carbonyl (C=O) groups is 1. The Bertz CT molecular complexity index is 508. The zero-order chi connectivity index (χ0) is 15.5. The lowest BCUT2D eigenvalue weighted by Crippen LogP contribution is -2.43. The van der Waals surface area contributed by atoms with E-state index in [0.717, 1.165) is 11.3 Å². The second-order valence-electron chi connectivity index (χ2n) is 5.43. The Kier molecular flexibility index (Phi) is 4.77. The third kappa shape index (κ3) is 4.39. The van der Waals surface area contributed by atoms with E-state index in [-0.39, 0.29) is 12.6 Å². The van der Waals surface area contributed by atoms with Crippen LogP contribution in [0.3, 0.4) is 0 Å². The topological polar surface area (TPSA) is 50.4 Å². The van der Waals surface area contributed by atoms with E-state index in [9.17, 15) is 13.6 Å². The van der Waals surface area contributed by atoms with E-state index in [1.54, 1.807) is 0 Å². The molecule has 2 atom stereocenters.